The maximum Gasteiger partial charge on any atom is 0.287 e. The Labute approximate surface area is 217 Å². The number of carbonyl (C=O) groups excluding carboxylic acids is 2. The van der Waals surface area contributed by atoms with E-state index in [-0.39, 0.29) is 11.4 Å². The third-order valence-electron chi connectivity index (χ3n) is 4.55. The van der Waals surface area contributed by atoms with Crippen LogP contribution >= 0.6 is 31.9 Å². The second-order valence-corrected chi connectivity index (χ2v) is 8.71. The Hall–Kier alpha value is -3.83. The molecule has 0 aliphatic carbocycles. The van der Waals surface area contributed by atoms with Crippen molar-refractivity contribution in [3.05, 3.63) is 108 Å². The predicted molar refractivity (Wildman–Crippen MR) is 139 cm³/mol. The van der Waals surface area contributed by atoms with Crippen LogP contribution < -0.4 is 15.5 Å². The van der Waals surface area contributed by atoms with E-state index in [0.29, 0.717) is 26.9 Å². The lowest BCUT2D eigenvalue weighted by Crippen LogP contribution is -2.32. The van der Waals surface area contributed by atoms with Gasteiger partial charge in [-0.05, 0) is 64.0 Å². The molecule has 0 heterocycles. The predicted octanol–water partition coefficient (Wildman–Crippen LogP) is 5.05. The number of methoxy groups -OCH3 is 1. The Kier molecular flexibility index (Phi) is 8.87. The van der Waals surface area contributed by atoms with Crippen molar-refractivity contribution < 1.29 is 19.2 Å². The fourth-order valence-corrected chi connectivity index (χ4v) is 4.33. The SMILES string of the molecule is COc1c(Br)cc(Br)cc1/C=N/NC(=O)/C(=C/c1ccc([N+](=O)[O-])cc1)NC(=O)c1ccccc1. The lowest BCUT2D eigenvalue weighted by molar-refractivity contribution is -0.384. The molecule has 0 saturated heterocycles. The van der Waals surface area contributed by atoms with Crippen LogP contribution in [-0.2, 0) is 4.79 Å². The molecular weight excluding hydrogens is 584 g/mol. The van der Waals surface area contributed by atoms with E-state index in [1.54, 1.807) is 42.5 Å². The number of benzene rings is 3. The van der Waals surface area contributed by atoms with Gasteiger partial charge in [0.2, 0.25) is 0 Å². The third-order valence-corrected chi connectivity index (χ3v) is 5.60. The van der Waals surface area contributed by atoms with Crippen molar-refractivity contribution in [2.45, 2.75) is 0 Å². The molecule has 0 fully saturated rings. The van der Waals surface area contributed by atoms with Gasteiger partial charge in [0.05, 0.1) is 22.7 Å². The molecule has 0 bridgehead atoms. The van der Waals surface area contributed by atoms with Crippen molar-refractivity contribution in [1.29, 1.82) is 0 Å². The van der Waals surface area contributed by atoms with Crippen molar-refractivity contribution in [2.75, 3.05) is 7.11 Å². The van der Waals surface area contributed by atoms with Gasteiger partial charge < -0.3 is 10.1 Å². The molecule has 0 aliphatic heterocycles. The molecule has 11 heteroatoms. The summed E-state index contributed by atoms with van der Waals surface area (Å²) in [6.45, 7) is 0. The van der Waals surface area contributed by atoms with Crippen LogP contribution in [0.25, 0.3) is 6.08 Å². The van der Waals surface area contributed by atoms with Gasteiger partial charge in [0.1, 0.15) is 11.4 Å². The zero-order valence-electron chi connectivity index (χ0n) is 18.2. The highest BCUT2D eigenvalue weighted by molar-refractivity contribution is 9.11. The molecule has 0 spiro atoms. The van der Waals surface area contributed by atoms with Crippen LogP contribution in [-0.4, -0.2) is 30.1 Å². The largest absolute Gasteiger partial charge is 0.495 e. The molecule has 0 unspecified atom stereocenters. The van der Waals surface area contributed by atoms with Gasteiger partial charge in [0.25, 0.3) is 17.5 Å². The van der Waals surface area contributed by atoms with Crippen molar-refractivity contribution in [3.63, 3.8) is 0 Å². The fourth-order valence-electron chi connectivity index (χ4n) is 2.91. The summed E-state index contributed by atoms with van der Waals surface area (Å²) in [6.07, 6.45) is 2.79. The van der Waals surface area contributed by atoms with E-state index < -0.39 is 16.7 Å². The van der Waals surface area contributed by atoms with Gasteiger partial charge in [0, 0.05) is 27.7 Å². The molecule has 2 N–H and O–H groups in total. The van der Waals surface area contributed by atoms with Crippen LogP contribution in [0, 0.1) is 10.1 Å². The minimum atomic E-state index is -0.697. The first-order valence-corrected chi connectivity index (χ1v) is 11.6. The molecule has 0 radical (unpaired) electrons. The summed E-state index contributed by atoms with van der Waals surface area (Å²) in [7, 11) is 1.51. The highest BCUT2D eigenvalue weighted by atomic mass is 79.9. The van der Waals surface area contributed by atoms with Crippen LogP contribution in [0.1, 0.15) is 21.5 Å². The van der Waals surface area contributed by atoms with E-state index >= 15 is 0 Å². The molecule has 0 aromatic heterocycles. The number of hydrogen-bond donors (Lipinski definition) is 2. The standard InChI is InChI=1S/C24H18Br2N4O5/c1-35-22-17(12-18(25)13-20(22)26)14-27-29-24(32)21(28-23(31)16-5-3-2-4-6-16)11-15-7-9-19(10-8-15)30(33)34/h2-14H,1H3,(H,28,31)(H,29,32)/b21-11-,27-14+. The zero-order chi connectivity index (χ0) is 25.4. The molecular formula is C24H18Br2N4O5. The van der Waals surface area contributed by atoms with Crippen molar-refractivity contribution in [2.24, 2.45) is 5.10 Å². The Bertz CT molecular complexity index is 1310. The molecule has 9 nitrogen and oxygen atoms in total. The van der Waals surface area contributed by atoms with Gasteiger partial charge >= 0.3 is 0 Å². The Morgan fingerprint density at radius 1 is 1.06 bits per heavy atom. The van der Waals surface area contributed by atoms with Gasteiger partial charge in [-0.15, -0.1) is 0 Å². The molecule has 0 aliphatic rings. The Morgan fingerprint density at radius 3 is 2.37 bits per heavy atom. The van der Waals surface area contributed by atoms with Crippen LogP contribution in [0.2, 0.25) is 0 Å². The molecule has 2 amide bonds. The van der Waals surface area contributed by atoms with E-state index in [9.17, 15) is 19.7 Å². The van der Waals surface area contributed by atoms with Gasteiger partial charge in [0.15, 0.2) is 0 Å². The van der Waals surface area contributed by atoms with Gasteiger partial charge in [-0.2, -0.15) is 5.10 Å². The minimum absolute atomic E-state index is 0.0970. The van der Waals surface area contributed by atoms with E-state index in [4.69, 9.17) is 4.74 Å². The van der Waals surface area contributed by atoms with Crippen molar-refractivity contribution >= 4 is 61.7 Å². The average molecular weight is 602 g/mol. The zero-order valence-corrected chi connectivity index (χ0v) is 21.4. The summed E-state index contributed by atoms with van der Waals surface area (Å²) in [6, 6.07) is 17.5. The number of nitro benzene ring substituents is 1. The molecule has 3 aromatic carbocycles. The summed E-state index contributed by atoms with van der Waals surface area (Å²) < 4.78 is 6.82. The highest BCUT2D eigenvalue weighted by Crippen LogP contribution is 2.31. The number of ether oxygens (including phenoxy) is 1. The van der Waals surface area contributed by atoms with Gasteiger partial charge in [-0.1, -0.05) is 34.1 Å². The van der Waals surface area contributed by atoms with Crippen LogP contribution in [0.3, 0.4) is 0 Å². The van der Waals surface area contributed by atoms with Crippen LogP contribution in [0.15, 0.2) is 86.5 Å². The number of amides is 2. The van der Waals surface area contributed by atoms with E-state index in [0.717, 1.165) is 4.47 Å². The smallest absolute Gasteiger partial charge is 0.287 e. The first kappa shape index (κ1) is 25.8. The van der Waals surface area contributed by atoms with E-state index in [2.05, 4.69) is 47.7 Å². The van der Waals surface area contributed by atoms with Crippen LogP contribution in [0.4, 0.5) is 5.69 Å². The van der Waals surface area contributed by atoms with E-state index in [1.165, 1.54) is 43.7 Å². The molecule has 3 aromatic rings. The third kappa shape index (κ3) is 7.08. The van der Waals surface area contributed by atoms with Gasteiger partial charge in [-0.3, -0.25) is 19.7 Å². The number of nitrogens with one attached hydrogen (secondary N) is 2. The first-order valence-electron chi connectivity index (χ1n) is 9.97. The lowest BCUT2D eigenvalue weighted by atomic mass is 10.1. The molecule has 178 valence electrons. The second-order valence-electron chi connectivity index (χ2n) is 6.94. The molecule has 0 saturated carbocycles. The number of carbonyl (C=O) groups is 2. The lowest BCUT2D eigenvalue weighted by Gasteiger charge is -2.10. The fraction of sp³-hybridized carbons (Fsp3) is 0.0417. The topological polar surface area (TPSA) is 123 Å². The maximum atomic E-state index is 12.9. The molecule has 0 atom stereocenters. The minimum Gasteiger partial charge on any atom is -0.495 e. The number of nitrogens with zero attached hydrogens (tertiary/aromatic N) is 2. The highest BCUT2D eigenvalue weighted by Gasteiger charge is 2.15. The maximum absolute atomic E-state index is 12.9. The summed E-state index contributed by atoms with van der Waals surface area (Å²) in [5.41, 5.74) is 3.58. The van der Waals surface area contributed by atoms with Crippen molar-refractivity contribution in [3.8, 4) is 5.75 Å². The molecule has 35 heavy (non-hydrogen) atoms. The number of nitro groups is 1. The summed E-state index contributed by atoms with van der Waals surface area (Å²) in [5, 5.41) is 17.5. The van der Waals surface area contributed by atoms with Crippen LogP contribution in [0.5, 0.6) is 5.75 Å². The number of hydrazone groups is 1. The van der Waals surface area contributed by atoms with Crippen molar-refractivity contribution in [1.82, 2.24) is 10.7 Å². The summed E-state index contributed by atoms with van der Waals surface area (Å²) >= 11 is 6.79. The Morgan fingerprint density at radius 2 is 1.74 bits per heavy atom. The monoisotopic (exact) mass is 600 g/mol. The summed E-state index contributed by atoms with van der Waals surface area (Å²) in [5.74, 6) is -0.683. The number of non-ortho nitro benzene ring substituents is 1. The number of hydrogen-bond acceptors (Lipinski definition) is 6. The normalized spacial score (nSPS) is 11.2. The number of halogens is 2. The molecule has 3 rings (SSSR count). The van der Waals surface area contributed by atoms with E-state index in [1.807, 2.05) is 0 Å². The summed E-state index contributed by atoms with van der Waals surface area (Å²) in [4.78, 5) is 35.9. The Balaban J connectivity index is 1.86. The van der Waals surface area contributed by atoms with Gasteiger partial charge in [-0.25, -0.2) is 5.43 Å². The number of rotatable bonds is 8. The quantitative estimate of drug-likeness (QED) is 0.162. The first-order chi connectivity index (χ1) is 16.8. The second kappa shape index (κ2) is 12.0. The average Bonchev–Trinajstić information content (AvgIpc) is 2.84.